The number of piperidine rings is 1. The Labute approximate surface area is 204 Å². The molecule has 0 spiro atoms. The van der Waals surface area contributed by atoms with E-state index in [9.17, 15) is 4.79 Å². The SMILES string of the molecule is CCNC(=NCc1ccc(N2CCC(C)CC2)nc1)NC1CCN(C(=O)C(C)C)C1.I. The lowest BCUT2D eigenvalue weighted by Gasteiger charge is -2.31. The van der Waals surface area contributed by atoms with Crippen molar-refractivity contribution in [2.75, 3.05) is 37.6 Å². The average Bonchev–Trinajstić information content (AvgIpc) is 3.21. The quantitative estimate of drug-likeness (QED) is 0.328. The maximum Gasteiger partial charge on any atom is 0.225 e. The monoisotopic (exact) mass is 542 g/mol. The van der Waals surface area contributed by atoms with Crippen molar-refractivity contribution in [3.63, 3.8) is 0 Å². The third-order valence-electron chi connectivity index (χ3n) is 6.02. The zero-order valence-corrected chi connectivity index (χ0v) is 21.8. The van der Waals surface area contributed by atoms with E-state index < -0.39 is 0 Å². The largest absolute Gasteiger partial charge is 0.357 e. The van der Waals surface area contributed by atoms with Crippen molar-refractivity contribution in [1.29, 1.82) is 0 Å². The van der Waals surface area contributed by atoms with Gasteiger partial charge < -0.3 is 20.4 Å². The summed E-state index contributed by atoms with van der Waals surface area (Å²) in [4.78, 5) is 26.0. The number of likely N-dealkylation sites (tertiary alicyclic amines) is 1. The summed E-state index contributed by atoms with van der Waals surface area (Å²) in [5.74, 6) is 2.98. The number of hydrogen-bond donors (Lipinski definition) is 2. The molecule has 7 nitrogen and oxygen atoms in total. The van der Waals surface area contributed by atoms with E-state index in [-0.39, 0.29) is 41.8 Å². The van der Waals surface area contributed by atoms with E-state index in [2.05, 4.69) is 46.5 Å². The van der Waals surface area contributed by atoms with Crippen LogP contribution < -0.4 is 15.5 Å². The molecule has 0 bridgehead atoms. The van der Waals surface area contributed by atoms with Gasteiger partial charge in [0.05, 0.1) is 6.54 Å². The van der Waals surface area contributed by atoms with Gasteiger partial charge >= 0.3 is 0 Å². The van der Waals surface area contributed by atoms with Crippen LogP contribution in [0.1, 0.15) is 52.5 Å². The first kappa shape index (κ1) is 25.7. The molecular weight excluding hydrogens is 503 g/mol. The molecule has 2 saturated heterocycles. The zero-order valence-electron chi connectivity index (χ0n) is 19.4. The van der Waals surface area contributed by atoms with Crippen LogP contribution in [0.4, 0.5) is 5.82 Å². The summed E-state index contributed by atoms with van der Waals surface area (Å²) in [5, 5.41) is 6.82. The minimum absolute atomic E-state index is 0. The van der Waals surface area contributed by atoms with Crippen LogP contribution in [-0.2, 0) is 11.3 Å². The third kappa shape index (κ3) is 7.50. The third-order valence-corrected chi connectivity index (χ3v) is 6.02. The van der Waals surface area contributed by atoms with Crippen LogP contribution in [0.2, 0.25) is 0 Å². The second kappa shape index (κ2) is 12.5. The number of hydrogen-bond acceptors (Lipinski definition) is 4. The molecule has 0 aliphatic carbocycles. The van der Waals surface area contributed by atoms with E-state index in [1.807, 2.05) is 24.9 Å². The number of nitrogens with one attached hydrogen (secondary N) is 2. The Bertz CT molecular complexity index is 715. The summed E-state index contributed by atoms with van der Waals surface area (Å²) >= 11 is 0. The molecule has 3 rings (SSSR count). The van der Waals surface area contributed by atoms with Gasteiger partial charge in [-0.15, -0.1) is 24.0 Å². The highest BCUT2D eigenvalue weighted by atomic mass is 127. The zero-order chi connectivity index (χ0) is 21.5. The molecule has 1 aromatic rings. The predicted molar refractivity (Wildman–Crippen MR) is 138 cm³/mol. The predicted octanol–water partition coefficient (Wildman–Crippen LogP) is 3.25. The van der Waals surface area contributed by atoms with Crippen LogP contribution in [0, 0.1) is 11.8 Å². The molecule has 1 atom stereocenters. The Morgan fingerprint density at radius 3 is 2.58 bits per heavy atom. The Balaban J connectivity index is 0.00000341. The van der Waals surface area contributed by atoms with Gasteiger partial charge in [-0.3, -0.25) is 4.79 Å². The van der Waals surface area contributed by atoms with Gasteiger partial charge in [-0.2, -0.15) is 0 Å². The number of aromatic nitrogens is 1. The fraction of sp³-hybridized carbons (Fsp3) is 0.696. The standard InChI is InChI=1S/C23H38N6O.HI/c1-5-24-23(27-20-10-13-29(16-20)22(30)17(2)3)26-15-19-6-7-21(25-14-19)28-11-8-18(4)9-12-28;/h6-7,14,17-18,20H,5,8-13,15-16H2,1-4H3,(H2,24,26,27);1H. The molecule has 0 radical (unpaired) electrons. The molecule has 2 N–H and O–H groups in total. The fourth-order valence-corrected chi connectivity index (χ4v) is 4.06. The lowest BCUT2D eigenvalue weighted by atomic mass is 9.99. The molecule has 2 fully saturated rings. The van der Waals surface area contributed by atoms with Gasteiger partial charge in [0, 0.05) is 50.9 Å². The second-order valence-electron chi connectivity index (χ2n) is 8.96. The van der Waals surface area contributed by atoms with Crippen LogP contribution in [0.3, 0.4) is 0 Å². The van der Waals surface area contributed by atoms with Crippen molar-refractivity contribution in [3.05, 3.63) is 23.9 Å². The fourth-order valence-electron chi connectivity index (χ4n) is 4.06. The van der Waals surface area contributed by atoms with Crippen molar-refractivity contribution < 1.29 is 4.79 Å². The normalized spacial score (nSPS) is 20.0. The summed E-state index contributed by atoms with van der Waals surface area (Å²) in [7, 11) is 0. The van der Waals surface area contributed by atoms with E-state index >= 15 is 0 Å². The molecule has 2 aliphatic rings. The van der Waals surface area contributed by atoms with Crippen molar-refractivity contribution in [1.82, 2.24) is 20.5 Å². The Morgan fingerprint density at radius 1 is 1.23 bits per heavy atom. The molecule has 1 unspecified atom stereocenters. The maximum atomic E-state index is 12.2. The number of guanidine groups is 1. The highest BCUT2D eigenvalue weighted by molar-refractivity contribution is 14.0. The number of pyridine rings is 1. The second-order valence-corrected chi connectivity index (χ2v) is 8.96. The van der Waals surface area contributed by atoms with Crippen LogP contribution >= 0.6 is 24.0 Å². The van der Waals surface area contributed by atoms with E-state index in [1.54, 1.807) is 0 Å². The summed E-state index contributed by atoms with van der Waals surface area (Å²) in [6.45, 7) is 13.4. The molecule has 1 aromatic heterocycles. The lowest BCUT2D eigenvalue weighted by Crippen LogP contribution is -2.45. The summed E-state index contributed by atoms with van der Waals surface area (Å²) in [5.41, 5.74) is 1.10. The molecule has 8 heteroatoms. The molecule has 0 saturated carbocycles. The summed E-state index contributed by atoms with van der Waals surface area (Å²) < 4.78 is 0. The van der Waals surface area contributed by atoms with E-state index in [1.165, 1.54) is 12.8 Å². The van der Waals surface area contributed by atoms with Gasteiger partial charge in [-0.25, -0.2) is 9.98 Å². The number of rotatable bonds is 6. The van der Waals surface area contributed by atoms with E-state index in [0.717, 1.165) is 62.4 Å². The van der Waals surface area contributed by atoms with E-state index in [0.29, 0.717) is 6.54 Å². The number of halogens is 1. The molecule has 174 valence electrons. The molecule has 0 aromatic carbocycles. The number of aliphatic imine (C=N–C) groups is 1. The van der Waals surface area contributed by atoms with Crippen LogP contribution in [0.25, 0.3) is 0 Å². The minimum atomic E-state index is 0. The van der Waals surface area contributed by atoms with Gasteiger partial charge in [0.1, 0.15) is 5.82 Å². The Morgan fingerprint density at radius 2 is 1.97 bits per heavy atom. The van der Waals surface area contributed by atoms with Gasteiger partial charge in [-0.1, -0.05) is 26.8 Å². The molecule has 2 aliphatic heterocycles. The number of carbonyl (C=O) groups excluding carboxylic acids is 1. The Kier molecular flexibility index (Phi) is 10.3. The lowest BCUT2D eigenvalue weighted by molar-refractivity contribution is -0.133. The number of carbonyl (C=O) groups is 1. The Hall–Kier alpha value is -1.58. The van der Waals surface area contributed by atoms with Crippen molar-refractivity contribution in [2.24, 2.45) is 16.8 Å². The van der Waals surface area contributed by atoms with Crippen molar-refractivity contribution >= 4 is 41.7 Å². The first-order valence-electron chi connectivity index (χ1n) is 11.5. The first-order chi connectivity index (χ1) is 14.5. The van der Waals surface area contributed by atoms with Crippen LogP contribution in [-0.4, -0.2) is 60.5 Å². The minimum Gasteiger partial charge on any atom is -0.357 e. The molecule has 31 heavy (non-hydrogen) atoms. The smallest absolute Gasteiger partial charge is 0.225 e. The van der Waals surface area contributed by atoms with Crippen LogP contribution in [0.15, 0.2) is 23.3 Å². The average molecular weight is 543 g/mol. The number of anilines is 1. The van der Waals surface area contributed by atoms with Gasteiger partial charge in [-0.05, 0) is 43.7 Å². The number of amides is 1. The van der Waals surface area contributed by atoms with Crippen LogP contribution in [0.5, 0.6) is 0 Å². The summed E-state index contributed by atoms with van der Waals surface area (Å²) in [6, 6.07) is 4.49. The van der Waals surface area contributed by atoms with E-state index in [4.69, 9.17) is 4.99 Å². The first-order valence-corrected chi connectivity index (χ1v) is 11.5. The van der Waals surface area contributed by atoms with Gasteiger partial charge in [0.25, 0.3) is 0 Å². The highest BCUT2D eigenvalue weighted by Gasteiger charge is 2.28. The number of nitrogens with zero attached hydrogens (tertiary/aromatic N) is 4. The van der Waals surface area contributed by atoms with Crippen molar-refractivity contribution in [2.45, 2.75) is 59.5 Å². The maximum absolute atomic E-state index is 12.2. The highest BCUT2D eigenvalue weighted by Crippen LogP contribution is 2.21. The van der Waals surface area contributed by atoms with Gasteiger partial charge in [0.15, 0.2) is 5.96 Å². The molecule has 1 amide bonds. The van der Waals surface area contributed by atoms with Crippen molar-refractivity contribution in [3.8, 4) is 0 Å². The molecular formula is C23H39IN6O. The van der Waals surface area contributed by atoms with Gasteiger partial charge in [0.2, 0.25) is 5.91 Å². The summed E-state index contributed by atoms with van der Waals surface area (Å²) in [6.07, 6.45) is 5.38. The topological polar surface area (TPSA) is 72.9 Å². The molecule has 3 heterocycles.